The number of likely N-dealkylation sites (tertiary alicyclic amines) is 1. The lowest BCUT2D eigenvalue weighted by atomic mass is 9.98. The molecule has 0 saturated carbocycles. The van der Waals surface area contributed by atoms with Crippen molar-refractivity contribution < 1.29 is 47.7 Å². The molecule has 432 valence electrons. The van der Waals surface area contributed by atoms with E-state index in [1.165, 1.54) is 10.5 Å². The molecule has 2 atom stereocenters. The van der Waals surface area contributed by atoms with E-state index in [9.17, 15) is 24.0 Å². The largest absolute Gasteiger partial charge is 0.493 e. The summed E-state index contributed by atoms with van der Waals surface area (Å²) < 4.78 is 31.0. The highest BCUT2D eigenvalue weighted by Gasteiger charge is 2.39. The molecule has 0 aromatic heterocycles. The van der Waals surface area contributed by atoms with Gasteiger partial charge < -0.3 is 38.8 Å². The number of rotatable bonds is 27. The fourth-order valence-electron chi connectivity index (χ4n) is 11.5. The number of benzene rings is 5. The van der Waals surface area contributed by atoms with E-state index in [1.807, 2.05) is 59.3 Å². The Kier molecular flexibility index (Phi) is 18.9. The third kappa shape index (κ3) is 13.6. The predicted octanol–water partition coefficient (Wildman–Crippen LogP) is 10.4. The first-order valence-corrected chi connectivity index (χ1v) is 31.0. The quantitative estimate of drug-likeness (QED) is 0.0300. The van der Waals surface area contributed by atoms with Crippen LogP contribution in [0.4, 0.5) is 22.7 Å². The number of carbonyl (C=O) groups excluding carboxylic acids is 5. The molecule has 5 aliphatic rings. The first-order chi connectivity index (χ1) is 39.8. The minimum atomic E-state index is -0.271. The number of hydrogen-bond acceptors (Lipinski definition) is 14. The molecule has 0 unspecified atom stereocenters. The molecule has 0 aliphatic carbocycles. The number of para-hydroxylation sites is 2. The molecule has 0 spiro atoms. The van der Waals surface area contributed by atoms with E-state index in [0.29, 0.717) is 81.5 Å². The van der Waals surface area contributed by atoms with Crippen molar-refractivity contribution in [1.82, 2.24) is 10.2 Å². The van der Waals surface area contributed by atoms with Crippen molar-refractivity contribution in [2.45, 2.75) is 116 Å². The number of nitrogens with one attached hydrogen (secondary N) is 1. The summed E-state index contributed by atoms with van der Waals surface area (Å²) in [5.41, 5.74) is 10.5. The van der Waals surface area contributed by atoms with Crippen molar-refractivity contribution in [2.24, 2.45) is 4.99 Å². The van der Waals surface area contributed by atoms with Crippen LogP contribution in [0.15, 0.2) is 96.0 Å². The van der Waals surface area contributed by atoms with Gasteiger partial charge in [0.2, 0.25) is 17.7 Å². The lowest BCUT2D eigenvalue weighted by Gasteiger charge is -2.34. The molecule has 5 amide bonds. The van der Waals surface area contributed by atoms with Gasteiger partial charge in [-0.05, 0) is 135 Å². The van der Waals surface area contributed by atoms with Crippen LogP contribution >= 0.6 is 21.6 Å². The van der Waals surface area contributed by atoms with Crippen molar-refractivity contribution in [2.75, 3.05) is 80.2 Å². The maximum absolute atomic E-state index is 14.3. The second-order valence-electron chi connectivity index (χ2n) is 22.1. The zero-order valence-corrected chi connectivity index (χ0v) is 49.3. The summed E-state index contributed by atoms with van der Waals surface area (Å²) in [6.07, 6.45) is 7.43. The Balaban J connectivity index is 0.880. The van der Waals surface area contributed by atoms with Crippen LogP contribution < -0.4 is 34.2 Å². The third-order valence-corrected chi connectivity index (χ3v) is 18.9. The number of carbonyl (C=O) groups is 5. The van der Waals surface area contributed by atoms with E-state index < -0.39 is 0 Å². The minimum Gasteiger partial charge on any atom is -0.493 e. The zero-order chi connectivity index (χ0) is 57.3. The lowest BCUT2D eigenvalue weighted by Crippen LogP contribution is -2.38. The number of hydrogen-bond donors (Lipinski definition) is 1. The molecule has 82 heavy (non-hydrogen) atoms. The molecule has 10 rings (SSSR count). The molecule has 5 aromatic rings. The smallest absolute Gasteiger partial charge is 0.261 e. The molecule has 5 aromatic carbocycles. The molecule has 5 aliphatic heterocycles. The summed E-state index contributed by atoms with van der Waals surface area (Å²) in [7, 11) is 5.07. The number of amides is 5. The van der Waals surface area contributed by atoms with Crippen LogP contribution in [0, 0.1) is 6.92 Å². The van der Waals surface area contributed by atoms with Gasteiger partial charge in [0.15, 0.2) is 11.5 Å². The van der Waals surface area contributed by atoms with Gasteiger partial charge in [-0.3, -0.25) is 38.8 Å². The first-order valence-electron chi connectivity index (χ1n) is 28.7. The van der Waals surface area contributed by atoms with Gasteiger partial charge in [-0.15, -0.1) is 0 Å². The normalized spacial score (nSPS) is 17.0. The Labute approximate surface area is 489 Å². The number of methoxy groups -OCH3 is 1. The zero-order valence-electron chi connectivity index (χ0n) is 47.7. The average Bonchev–Trinajstić information content (AvgIpc) is 4.32. The number of nitrogens with zero attached hydrogens (tertiary/aromatic N) is 5. The van der Waals surface area contributed by atoms with Crippen LogP contribution in [0.2, 0.25) is 0 Å². The van der Waals surface area contributed by atoms with E-state index in [2.05, 4.69) is 73.5 Å². The summed E-state index contributed by atoms with van der Waals surface area (Å²) >= 11 is 0. The molecule has 1 N–H and O–H groups in total. The van der Waals surface area contributed by atoms with Gasteiger partial charge in [-0.1, -0.05) is 64.9 Å². The molecule has 5 heterocycles. The third-order valence-electron chi connectivity index (χ3n) is 15.5. The lowest BCUT2D eigenvalue weighted by molar-refractivity contribution is -0.138. The topological polar surface area (TPSA) is 169 Å². The van der Waals surface area contributed by atoms with E-state index in [0.717, 1.165) is 87.6 Å². The van der Waals surface area contributed by atoms with Gasteiger partial charge >= 0.3 is 0 Å². The van der Waals surface area contributed by atoms with Crippen LogP contribution in [-0.4, -0.2) is 123 Å². The van der Waals surface area contributed by atoms with Gasteiger partial charge in [-0.25, -0.2) is 0 Å². The maximum Gasteiger partial charge on any atom is 0.261 e. The number of aryl methyl sites for hydroxylation is 2. The van der Waals surface area contributed by atoms with Gasteiger partial charge in [-0.2, -0.15) is 0 Å². The van der Waals surface area contributed by atoms with Crippen LogP contribution in [0.5, 0.6) is 17.2 Å². The molecule has 1 saturated heterocycles. The number of fused-ring (bicyclic) bond motifs is 8. The Morgan fingerprint density at radius 2 is 1.44 bits per heavy atom. The van der Waals surface area contributed by atoms with Crippen molar-refractivity contribution in [3.63, 3.8) is 0 Å². The van der Waals surface area contributed by atoms with Crippen molar-refractivity contribution in [3.05, 3.63) is 136 Å². The van der Waals surface area contributed by atoms with E-state index >= 15 is 0 Å². The number of anilines is 3. The van der Waals surface area contributed by atoms with Gasteiger partial charge in [0.25, 0.3) is 11.8 Å². The number of ether oxygens (including phenoxy) is 5. The van der Waals surface area contributed by atoms with E-state index in [4.69, 9.17) is 28.7 Å². The molecular formula is C64H74N6O10S2. The maximum atomic E-state index is 14.3. The highest BCUT2D eigenvalue weighted by atomic mass is 33.1. The molecule has 0 bridgehead atoms. The molecule has 18 heteroatoms. The fraction of sp³-hybridized carbons (Fsp3) is 0.438. The first kappa shape index (κ1) is 58.3. The molecular weight excluding hydrogens is 1080 g/mol. The second-order valence-corrected chi connectivity index (χ2v) is 25.3. The monoisotopic (exact) mass is 1150 g/mol. The van der Waals surface area contributed by atoms with E-state index in [1.54, 1.807) is 40.8 Å². The van der Waals surface area contributed by atoms with Gasteiger partial charge in [0, 0.05) is 110 Å². The molecule has 0 radical (unpaired) electrons. The Hall–Kier alpha value is -6.86. The predicted molar refractivity (Wildman–Crippen MR) is 324 cm³/mol. The van der Waals surface area contributed by atoms with Crippen LogP contribution in [0.25, 0.3) is 0 Å². The summed E-state index contributed by atoms with van der Waals surface area (Å²) in [5, 5.41) is 2.86. The average molecular weight is 1150 g/mol. The summed E-state index contributed by atoms with van der Waals surface area (Å²) in [4.78, 5) is 77.5. The summed E-state index contributed by atoms with van der Waals surface area (Å²) in [6.45, 7) is 12.7. The van der Waals surface area contributed by atoms with Crippen LogP contribution in [0.1, 0.15) is 113 Å². The summed E-state index contributed by atoms with van der Waals surface area (Å²) in [5.74, 6) is 1.77. The van der Waals surface area contributed by atoms with E-state index in [-0.39, 0.29) is 85.5 Å². The van der Waals surface area contributed by atoms with Gasteiger partial charge in [0.05, 0.1) is 44.2 Å². The van der Waals surface area contributed by atoms with Crippen molar-refractivity contribution in [1.29, 1.82) is 0 Å². The second kappa shape index (κ2) is 26.6. The van der Waals surface area contributed by atoms with Crippen LogP contribution in [-0.2, 0) is 56.3 Å². The fourth-order valence-corrected chi connectivity index (χ4v) is 14.1. The van der Waals surface area contributed by atoms with Crippen LogP contribution in [0.3, 0.4) is 0 Å². The minimum absolute atomic E-state index is 0.0362. The van der Waals surface area contributed by atoms with Crippen molar-refractivity contribution in [3.8, 4) is 17.2 Å². The van der Waals surface area contributed by atoms with Gasteiger partial charge in [0.1, 0.15) is 19.0 Å². The Morgan fingerprint density at radius 1 is 0.756 bits per heavy atom. The highest BCUT2D eigenvalue weighted by Crippen LogP contribution is 2.43. The highest BCUT2D eigenvalue weighted by molar-refractivity contribution is 8.77. The Bertz CT molecular complexity index is 3210. The molecule has 16 nitrogen and oxygen atoms in total. The summed E-state index contributed by atoms with van der Waals surface area (Å²) in [6, 6.07) is 30.1. The number of imide groups is 1. The molecule has 1 fully saturated rings. The Morgan fingerprint density at radius 3 is 2.17 bits per heavy atom. The number of aliphatic imine (C=N–C) groups is 1. The SMILES string of the molecule is CCCOCCOCCN(CC(C)(C)SSCCCC(=O)NCCN1C(=O)CCC1=O)c1cc(COc2cc3c(cc2C)C(=O)N2c4ccccc4C[C@H]2CC3)cc(COc2cc3c(cc2OC)C(=O)N2c4ccccc4C[C@H]2C=N3)c1. The van der Waals surface area contributed by atoms with Crippen molar-refractivity contribution >= 4 is 80.1 Å². The standard InChI is InChI=1S/C64H74N6O10S2/c1-6-24-77-26-27-78-25-23-67(41-64(3,4)82-81-28-11-16-59(71)65-21-22-68-60(72)19-20-61(68)73)49-31-43(39-79-56-35-45-17-18-48-33-46-12-7-9-14-54(46)69(48)62(74)51(45)29-42(56)2)30-44(32-49)40-80-58-37-53-52(36-57(58)76-5)63(75)70-50(38-66-53)34-47-13-8-10-15-55(47)70/h7-10,12-15,29-32,35-38,48,50H,6,11,16-28,33-34,39-41H2,1-5H3,(H,65,71)/t48-,50+/m1/s1.